The highest BCUT2D eigenvalue weighted by atomic mass is 35.5. The van der Waals surface area contributed by atoms with Crippen molar-refractivity contribution in [3.63, 3.8) is 0 Å². The molecule has 0 bridgehead atoms. The van der Waals surface area contributed by atoms with Gasteiger partial charge in [-0.2, -0.15) is 10.1 Å². The molecule has 5 heteroatoms. The molecule has 0 saturated heterocycles. The fraction of sp³-hybridized carbons (Fsp3) is 0.200. The van der Waals surface area contributed by atoms with Crippen molar-refractivity contribution in [2.45, 2.75) is 13.0 Å². The number of hydrogen-bond donors (Lipinski definition) is 1. The first-order valence-corrected chi connectivity index (χ1v) is 4.87. The number of halogens is 1. The van der Waals surface area contributed by atoms with E-state index in [4.69, 9.17) is 17.3 Å². The van der Waals surface area contributed by atoms with Crippen molar-refractivity contribution in [1.29, 1.82) is 0 Å². The zero-order valence-electron chi connectivity index (χ0n) is 8.14. The van der Waals surface area contributed by atoms with Crippen LogP contribution in [-0.2, 0) is 4.79 Å². The van der Waals surface area contributed by atoms with E-state index in [1.54, 1.807) is 31.2 Å². The molecule has 0 aromatic heterocycles. The molecule has 1 aromatic rings. The zero-order valence-corrected chi connectivity index (χ0v) is 8.90. The summed E-state index contributed by atoms with van der Waals surface area (Å²) in [4.78, 5) is 11.7. The molecule has 15 heavy (non-hydrogen) atoms. The van der Waals surface area contributed by atoms with Crippen LogP contribution < -0.4 is 10.7 Å². The van der Waals surface area contributed by atoms with Crippen LogP contribution in [0, 0.1) is 0 Å². The lowest BCUT2D eigenvalue weighted by Crippen LogP contribution is -2.38. The molecule has 0 fully saturated rings. The lowest BCUT2D eigenvalue weighted by molar-refractivity contribution is -0.117. The molecule has 4 nitrogen and oxygen atoms in total. The quantitative estimate of drug-likeness (QED) is 0.782. The summed E-state index contributed by atoms with van der Waals surface area (Å²) in [7, 11) is 0. The van der Waals surface area contributed by atoms with E-state index in [0.717, 1.165) is 0 Å². The van der Waals surface area contributed by atoms with Gasteiger partial charge in [-0.3, -0.25) is 4.79 Å². The molecule has 2 rings (SSSR count). The number of rotatable bonds is 1. The predicted molar refractivity (Wildman–Crippen MR) is 60.0 cm³/mol. The lowest BCUT2D eigenvalue weighted by Gasteiger charge is -2.12. The Balaban J connectivity index is 2.37. The molecule has 0 spiro atoms. The highest BCUT2D eigenvalue weighted by molar-refractivity contribution is 6.31. The molecule has 1 aliphatic heterocycles. The Morgan fingerprint density at radius 2 is 2.27 bits per heavy atom. The van der Waals surface area contributed by atoms with Gasteiger partial charge in [-0.25, -0.2) is 0 Å². The van der Waals surface area contributed by atoms with E-state index in [1.165, 1.54) is 5.01 Å². The van der Waals surface area contributed by atoms with Crippen LogP contribution in [-0.4, -0.2) is 17.7 Å². The fourth-order valence-corrected chi connectivity index (χ4v) is 1.56. The topological polar surface area (TPSA) is 58.7 Å². The molecule has 0 aliphatic carbocycles. The van der Waals surface area contributed by atoms with E-state index in [9.17, 15) is 4.79 Å². The Kier molecular flexibility index (Phi) is 2.46. The third-order valence-corrected chi connectivity index (χ3v) is 2.47. The first-order valence-electron chi connectivity index (χ1n) is 4.50. The first-order chi connectivity index (χ1) is 7.09. The average Bonchev–Trinajstić information content (AvgIpc) is 2.46. The van der Waals surface area contributed by atoms with Crippen molar-refractivity contribution >= 4 is 28.9 Å². The van der Waals surface area contributed by atoms with Gasteiger partial charge in [0, 0.05) is 5.02 Å². The van der Waals surface area contributed by atoms with E-state index in [0.29, 0.717) is 16.4 Å². The molecule has 1 amide bonds. The molecule has 1 aromatic carbocycles. The number of benzene rings is 1. The Bertz CT molecular complexity index is 444. The largest absolute Gasteiger partial charge is 0.315 e. The molecular weight excluding hydrogens is 214 g/mol. The van der Waals surface area contributed by atoms with Gasteiger partial charge in [0.2, 0.25) is 0 Å². The smallest absolute Gasteiger partial charge is 0.270 e. The Morgan fingerprint density at radius 3 is 2.80 bits per heavy atom. The third-order valence-electron chi connectivity index (χ3n) is 2.24. The second-order valence-corrected chi connectivity index (χ2v) is 3.79. The number of hydrogen-bond acceptors (Lipinski definition) is 3. The first kappa shape index (κ1) is 10.1. The molecule has 1 aliphatic rings. The summed E-state index contributed by atoms with van der Waals surface area (Å²) in [6.45, 7) is 1.73. The van der Waals surface area contributed by atoms with Gasteiger partial charge in [-0.1, -0.05) is 17.7 Å². The highest BCUT2D eigenvalue weighted by Crippen LogP contribution is 2.23. The van der Waals surface area contributed by atoms with Crippen LogP contribution in [0.5, 0.6) is 0 Å². The summed E-state index contributed by atoms with van der Waals surface area (Å²) < 4.78 is 0. The van der Waals surface area contributed by atoms with E-state index >= 15 is 0 Å². The maximum atomic E-state index is 11.7. The van der Waals surface area contributed by atoms with E-state index in [-0.39, 0.29) is 5.91 Å². The van der Waals surface area contributed by atoms with Crippen LogP contribution in [0.15, 0.2) is 29.4 Å². The maximum absolute atomic E-state index is 11.7. The number of carbonyl (C=O) groups excluding carboxylic acids is 1. The van der Waals surface area contributed by atoms with Gasteiger partial charge in [0.1, 0.15) is 6.04 Å². The van der Waals surface area contributed by atoms with Gasteiger partial charge < -0.3 is 5.73 Å². The van der Waals surface area contributed by atoms with Gasteiger partial charge in [-0.05, 0) is 25.1 Å². The summed E-state index contributed by atoms with van der Waals surface area (Å²) in [6, 6.07) is 6.30. The number of nitrogens with zero attached hydrogens (tertiary/aromatic N) is 2. The highest BCUT2D eigenvalue weighted by Gasteiger charge is 2.31. The van der Waals surface area contributed by atoms with Crippen LogP contribution in [0.25, 0.3) is 0 Å². The van der Waals surface area contributed by atoms with Crippen molar-refractivity contribution in [3.8, 4) is 0 Å². The van der Waals surface area contributed by atoms with Crippen LogP contribution >= 0.6 is 11.6 Å². The number of carbonyl (C=O) groups is 1. The summed E-state index contributed by atoms with van der Waals surface area (Å²) in [5, 5.41) is 5.93. The molecule has 78 valence electrons. The number of hydrazone groups is 1. The average molecular weight is 224 g/mol. The summed E-state index contributed by atoms with van der Waals surface area (Å²) in [5.41, 5.74) is 6.88. The van der Waals surface area contributed by atoms with E-state index < -0.39 is 6.04 Å². The van der Waals surface area contributed by atoms with Gasteiger partial charge in [0.25, 0.3) is 5.91 Å². The van der Waals surface area contributed by atoms with Crippen molar-refractivity contribution in [2.75, 3.05) is 5.01 Å². The summed E-state index contributed by atoms with van der Waals surface area (Å²) in [5.74, 6) is -0.227. The van der Waals surface area contributed by atoms with Crippen LogP contribution in [0.1, 0.15) is 6.92 Å². The predicted octanol–water partition coefficient (Wildman–Crippen LogP) is 1.39. The van der Waals surface area contributed by atoms with Crippen molar-refractivity contribution in [3.05, 3.63) is 29.3 Å². The normalized spacial score (nSPS) is 20.7. The second kappa shape index (κ2) is 3.64. The minimum Gasteiger partial charge on any atom is -0.315 e. The minimum absolute atomic E-state index is 0.227. The Morgan fingerprint density at radius 1 is 1.53 bits per heavy atom. The molecular formula is C10H10ClN3O. The summed E-state index contributed by atoms with van der Waals surface area (Å²) in [6.07, 6.45) is 0. The van der Waals surface area contributed by atoms with Crippen molar-refractivity contribution in [2.24, 2.45) is 10.8 Å². The van der Waals surface area contributed by atoms with Crippen molar-refractivity contribution < 1.29 is 4.79 Å². The van der Waals surface area contributed by atoms with Crippen LogP contribution in [0.4, 0.5) is 5.69 Å². The second-order valence-electron chi connectivity index (χ2n) is 3.35. The van der Waals surface area contributed by atoms with Crippen LogP contribution in [0.2, 0.25) is 5.02 Å². The number of anilines is 1. The lowest BCUT2D eigenvalue weighted by atomic mass is 10.2. The molecule has 0 saturated carbocycles. The fourth-order valence-electron chi connectivity index (χ4n) is 1.37. The third kappa shape index (κ3) is 1.73. The molecule has 1 unspecified atom stereocenters. The monoisotopic (exact) mass is 223 g/mol. The minimum atomic E-state index is -0.635. The van der Waals surface area contributed by atoms with Gasteiger partial charge in [0.05, 0.1) is 11.4 Å². The van der Waals surface area contributed by atoms with Crippen molar-refractivity contribution in [1.82, 2.24) is 0 Å². The summed E-state index contributed by atoms with van der Waals surface area (Å²) >= 11 is 5.83. The van der Waals surface area contributed by atoms with Gasteiger partial charge in [-0.15, -0.1) is 0 Å². The maximum Gasteiger partial charge on any atom is 0.270 e. The number of amides is 1. The van der Waals surface area contributed by atoms with Gasteiger partial charge in [0.15, 0.2) is 0 Å². The Labute approximate surface area is 92.3 Å². The van der Waals surface area contributed by atoms with Crippen LogP contribution in [0.3, 0.4) is 0 Å². The number of nitrogens with two attached hydrogens (primary N) is 1. The molecule has 0 radical (unpaired) electrons. The SMILES string of the molecule is CC1=NN(c2cccc(Cl)c2)C(=O)C1N. The van der Waals surface area contributed by atoms with E-state index in [1.807, 2.05) is 0 Å². The zero-order chi connectivity index (χ0) is 11.0. The standard InChI is InChI=1S/C10H10ClN3O/c1-6-9(12)10(15)14(13-6)8-4-2-3-7(11)5-8/h2-5,9H,12H2,1H3. The molecule has 1 heterocycles. The van der Waals surface area contributed by atoms with E-state index in [2.05, 4.69) is 5.10 Å². The van der Waals surface area contributed by atoms with Gasteiger partial charge >= 0.3 is 0 Å². The molecule has 1 atom stereocenters. The molecule has 2 N–H and O–H groups in total. The Hall–Kier alpha value is -1.39.